The molecule has 0 bridgehead atoms. The fourth-order valence-corrected chi connectivity index (χ4v) is 2.63. The number of aryl methyl sites for hydroxylation is 1. The lowest BCUT2D eigenvalue weighted by Crippen LogP contribution is -1.99. The Labute approximate surface area is 142 Å². The number of halogens is 1. The molecule has 0 fully saturated rings. The van der Waals surface area contributed by atoms with Gasteiger partial charge >= 0.3 is 0 Å². The van der Waals surface area contributed by atoms with E-state index >= 15 is 0 Å². The van der Waals surface area contributed by atoms with Crippen LogP contribution >= 0.6 is 0 Å². The molecule has 4 rings (SSSR count). The van der Waals surface area contributed by atoms with Crippen LogP contribution in [-0.2, 0) is 0 Å². The average Bonchev–Trinajstić information content (AvgIpc) is 3.22. The molecule has 0 saturated heterocycles. The van der Waals surface area contributed by atoms with E-state index in [-0.39, 0.29) is 11.7 Å². The first-order valence-corrected chi connectivity index (χ1v) is 7.72. The maximum atomic E-state index is 13.4. The van der Waals surface area contributed by atoms with E-state index in [0.29, 0.717) is 22.9 Å². The third-order valence-corrected chi connectivity index (χ3v) is 3.96. The Kier molecular flexibility index (Phi) is 3.61. The van der Waals surface area contributed by atoms with E-state index < -0.39 is 0 Å². The molecule has 0 aliphatic carbocycles. The van der Waals surface area contributed by atoms with Gasteiger partial charge in [-0.25, -0.2) is 9.07 Å². The van der Waals surface area contributed by atoms with Crippen molar-refractivity contribution in [1.29, 1.82) is 0 Å². The summed E-state index contributed by atoms with van der Waals surface area (Å²) >= 11 is 0. The Morgan fingerprint density at radius 3 is 2.68 bits per heavy atom. The summed E-state index contributed by atoms with van der Waals surface area (Å²) in [6, 6.07) is 13.9. The third kappa shape index (κ3) is 2.69. The van der Waals surface area contributed by atoms with Crippen molar-refractivity contribution < 1.29 is 8.91 Å². The molecular weight excluding hydrogens is 321 g/mol. The predicted molar refractivity (Wildman–Crippen MR) is 89.5 cm³/mol. The molecule has 0 spiro atoms. The largest absolute Gasteiger partial charge is 0.332 e. The van der Waals surface area contributed by atoms with Crippen LogP contribution in [0.2, 0.25) is 0 Å². The van der Waals surface area contributed by atoms with Gasteiger partial charge in [0.1, 0.15) is 5.82 Å². The van der Waals surface area contributed by atoms with E-state index in [1.54, 1.807) is 12.1 Å². The number of aromatic nitrogens is 5. The van der Waals surface area contributed by atoms with Gasteiger partial charge in [-0.2, -0.15) is 4.98 Å². The summed E-state index contributed by atoms with van der Waals surface area (Å²) in [5, 5.41) is 12.2. The van der Waals surface area contributed by atoms with Gasteiger partial charge in [0, 0.05) is 5.56 Å². The summed E-state index contributed by atoms with van der Waals surface area (Å²) in [6.07, 6.45) is 0. The van der Waals surface area contributed by atoms with Crippen molar-refractivity contribution in [2.75, 3.05) is 0 Å². The van der Waals surface area contributed by atoms with Crippen molar-refractivity contribution in [3.63, 3.8) is 0 Å². The minimum atomic E-state index is -0.339. The van der Waals surface area contributed by atoms with Crippen molar-refractivity contribution >= 4 is 0 Å². The molecule has 0 radical (unpaired) electrons. The standard InChI is InChI=1S/C18H14FN5O/c1-11-6-3-4-9-15(11)17-20-18(25-22-17)16-12(2)24(23-21-16)14-8-5-7-13(19)10-14/h3-10H,1-2H3. The predicted octanol–water partition coefficient (Wildman–Crippen LogP) is 3.74. The smallest absolute Gasteiger partial charge is 0.280 e. The van der Waals surface area contributed by atoms with Gasteiger partial charge in [0.2, 0.25) is 5.82 Å². The van der Waals surface area contributed by atoms with Gasteiger partial charge in [-0.3, -0.25) is 0 Å². The van der Waals surface area contributed by atoms with Crippen LogP contribution in [-0.4, -0.2) is 25.1 Å². The summed E-state index contributed by atoms with van der Waals surface area (Å²) < 4.78 is 20.3. The second-order valence-corrected chi connectivity index (χ2v) is 5.65. The molecule has 6 nitrogen and oxygen atoms in total. The first-order valence-electron chi connectivity index (χ1n) is 7.72. The fraction of sp³-hybridized carbons (Fsp3) is 0.111. The molecule has 0 saturated carbocycles. The Bertz CT molecular complexity index is 1050. The first kappa shape index (κ1) is 15.2. The van der Waals surface area contributed by atoms with Crippen LogP contribution in [0.4, 0.5) is 4.39 Å². The van der Waals surface area contributed by atoms with Crippen LogP contribution in [0.1, 0.15) is 11.3 Å². The van der Waals surface area contributed by atoms with E-state index in [1.165, 1.54) is 16.8 Å². The molecule has 2 aromatic heterocycles. The Morgan fingerprint density at radius 2 is 1.88 bits per heavy atom. The third-order valence-electron chi connectivity index (χ3n) is 3.96. The highest BCUT2D eigenvalue weighted by atomic mass is 19.1. The van der Waals surface area contributed by atoms with E-state index in [4.69, 9.17) is 4.52 Å². The van der Waals surface area contributed by atoms with Crippen molar-refractivity contribution in [1.82, 2.24) is 25.1 Å². The van der Waals surface area contributed by atoms with Crippen molar-refractivity contribution in [2.45, 2.75) is 13.8 Å². The molecule has 0 aliphatic heterocycles. The van der Waals surface area contributed by atoms with Gasteiger partial charge < -0.3 is 4.52 Å². The van der Waals surface area contributed by atoms with Crippen molar-refractivity contribution in [2.24, 2.45) is 0 Å². The molecule has 4 aromatic rings. The molecule has 2 aromatic carbocycles. The molecule has 0 amide bonds. The zero-order chi connectivity index (χ0) is 17.4. The van der Waals surface area contributed by atoms with Crippen LogP contribution in [0.5, 0.6) is 0 Å². The number of nitrogens with zero attached hydrogens (tertiary/aromatic N) is 5. The maximum Gasteiger partial charge on any atom is 0.280 e. The minimum Gasteiger partial charge on any atom is -0.332 e. The molecule has 0 atom stereocenters. The highest BCUT2D eigenvalue weighted by Gasteiger charge is 2.19. The maximum absolute atomic E-state index is 13.4. The number of hydrogen-bond donors (Lipinski definition) is 0. The molecule has 7 heteroatoms. The summed E-state index contributed by atoms with van der Waals surface area (Å²) in [4.78, 5) is 4.43. The molecule has 0 unspecified atom stereocenters. The van der Waals surface area contributed by atoms with Gasteiger partial charge in [0.25, 0.3) is 5.89 Å². The number of benzene rings is 2. The number of rotatable bonds is 3. The summed E-state index contributed by atoms with van der Waals surface area (Å²) in [7, 11) is 0. The second kappa shape index (κ2) is 5.94. The molecule has 0 N–H and O–H groups in total. The highest BCUT2D eigenvalue weighted by molar-refractivity contribution is 5.62. The molecule has 0 aliphatic rings. The fourth-order valence-electron chi connectivity index (χ4n) is 2.63. The average molecular weight is 335 g/mol. The molecule has 124 valence electrons. The van der Waals surface area contributed by atoms with Gasteiger partial charge in [0.15, 0.2) is 5.69 Å². The first-order chi connectivity index (χ1) is 12.1. The summed E-state index contributed by atoms with van der Waals surface area (Å²) in [6.45, 7) is 3.80. The van der Waals surface area contributed by atoms with E-state index in [2.05, 4.69) is 20.5 Å². The van der Waals surface area contributed by atoms with Crippen LogP contribution in [0.25, 0.3) is 28.7 Å². The normalized spacial score (nSPS) is 11.0. The lowest BCUT2D eigenvalue weighted by atomic mass is 10.1. The minimum absolute atomic E-state index is 0.276. The van der Waals surface area contributed by atoms with Crippen molar-refractivity contribution in [3.8, 4) is 28.7 Å². The van der Waals surface area contributed by atoms with Crippen LogP contribution < -0.4 is 0 Å². The molecule has 25 heavy (non-hydrogen) atoms. The van der Waals surface area contributed by atoms with Crippen LogP contribution in [0.15, 0.2) is 53.1 Å². The van der Waals surface area contributed by atoms with Crippen LogP contribution in [0, 0.1) is 19.7 Å². The Morgan fingerprint density at radius 1 is 1.04 bits per heavy atom. The topological polar surface area (TPSA) is 69.6 Å². The SMILES string of the molecule is Cc1ccccc1-c1noc(-c2nnn(-c3cccc(F)c3)c2C)n1. The summed E-state index contributed by atoms with van der Waals surface area (Å²) in [5.41, 5.74) is 3.68. The van der Waals surface area contributed by atoms with E-state index in [1.807, 2.05) is 38.1 Å². The molecular formula is C18H14FN5O. The van der Waals surface area contributed by atoms with Gasteiger partial charge in [-0.15, -0.1) is 5.10 Å². The van der Waals surface area contributed by atoms with E-state index in [9.17, 15) is 4.39 Å². The van der Waals surface area contributed by atoms with Gasteiger partial charge in [-0.05, 0) is 37.6 Å². The zero-order valence-corrected chi connectivity index (χ0v) is 13.6. The second-order valence-electron chi connectivity index (χ2n) is 5.65. The van der Waals surface area contributed by atoms with Gasteiger partial charge in [0.05, 0.1) is 11.4 Å². The lowest BCUT2D eigenvalue weighted by Gasteiger charge is -2.02. The Hall–Kier alpha value is -3.35. The zero-order valence-electron chi connectivity index (χ0n) is 13.6. The van der Waals surface area contributed by atoms with Crippen molar-refractivity contribution in [3.05, 3.63) is 65.6 Å². The highest BCUT2D eigenvalue weighted by Crippen LogP contribution is 2.25. The Balaban J connectivity index is 1.74. The van der Waals surface area contributed by atoms with E-state index in [0.717, 1.165) is 11.1 Å². The van der Waals surface area contributed by atoms with Gasteiger partial charge in [-0.1, -0.05) is 40.7 Å². The lowest BCUT2D eigenvalue weighted by molar-refractivity contribution is 0.430. The quantitative estimate of drug-likeness (QED) is 0.570. The number of hydrogen-bond acceptors (Lipinski definition) is 5. The monoisotopic (exact) mass is 335 g/mol. The summed E-state index contributed by atoms with van der Waals surface area (Å²) in [5.74, 6) is 0.430. The van der Waals surface area contributed by atoms with Crippen LogP contribution in [0.3, 0.4) is 0 Å². The molecule has 2 heterocycles.